The molecule has 0 bridgehead atoms. The highest BCUT2D eigenvalue weighted by atomic mass is 15.0. The largest absolute Gasteiger partial charge is 0.309 e. The molecular formula is C48H28N2. The van der Waals surface area contributed by atoms with Gasteiger partial charge in [0.15, 0.2) is 0 Å². The average molecular weight is 633 g/mol. The second kappa shape index (κ2) is 9.49. The van der Waals surface area contributed by atoms with E-state index in [0.717, 1.165) is 0 Å². The van der Waals surface area contributed by atoms with E-state index in [2.05, 4.69) is 179 Å². The third kappa shape index (κ3) is 3.23. The van der Waals surface area contributed by atoms with Gasteiger partial charge in [0, 0.05) is 32.3 Å². The highest BCUT2D eigenvalue weighted by Gasteiger charge is 2.26. The molecule has 230 valence electrons. The van der Waals surface area contributed by atoms with Crippen molar-refractivity contribution in [2.45, 2.75) is 0 Å². The third-order valence-corrected chi connectivity index (χ3v) is 11.2. The van der Waals surface area contributed by atoms with Gasteiger partial charge >= 0.3 is 0 Å². The quantitative estimate of drug-likeness (QED) is 0.179. The van der Waals surface area contributed by atoms with E-state index in [1.165, 1.54) is 110 Å². The molecule has 0 aliphatic heterocycles. The van der Waals surface area contributed by atoms with Crippen LogP contribution in [0.5, 0.6) is 0 Å². The summed E-state index contributed by atoms with van der Waals surface area (Å²) in [6, 6.07) is 62.9. The van der Waals surface area contributed by atoms with Crippen LogP contribution < -0.4 is 0 Å². The number of fused-ring (bicyclic) bond motifs is 13. The molecule has 9 aromatic carbocycles. The zero-order valence-electron chi connectivity index (χ0n) is 27.1. The summed E-state index contributed by atoms with van der Waals surface area (Å²) in [4.78, 5) is 0. The van der Waals surface area contributed by atoms with Crippen LogP contribution in [-0.4, -0.2) is 9.13 Å². The van der Waals surface area contributed by atoms with Crippen molar-refractivity contribution in [3.8, 4) is 33.6 Å². The first-order valence-corrected chi connectivity index (χ1v) is 17.4. The monoisotopic (exact) mass is 632 g/mol. The van der Waals surface area contributed by atoms with E-state index in [0.29, 0.717) is 0 Å². The van der Waals surface area contributed by atoms with Crippen molar-refractivity contribution in [1.82, 2.24) is 9.13 Å². The van der Waals surface area contributed by atoms with E-state index in [4.69, 9.17) is 0 Å². The number of hydrogen-bond acceptors (Lipinski definition) is 0. The Morgan fingerprint density at radius 1 is 0.260 bits per heavy atom. The highest BCUT2D eigenvalue weighted by Crippen LogP contribution is 2.50. The Labute approximate surface area is 287 Å². The number of benzene rings is 9. The van der Waals surface area contributed by atoms with Crippen LogP contribution >= 0.6 is 0 Å². The lowest BCUT2D eigenvalue weighted by Crippen LogP contribution is -1.97. The Kier molecular flexibility index (Phi) is 5.00. The van der Waals surface area contributed by atoms with Gasteiger partial charge in [-0.1, -0.05) is 140 Å². The lowest BCUT2D eigenvalue weighted by molar-refractivity contribution is 1.19. The predicted octanol–water partition coefficient (Wildman–Crippen LogP) is 13.0. The van der Waals surface area contributed by atoms with Gasteiger partial charge in [-0.2, -0.15) is 0 Å². The molecule has 0 atom stereocenters. The molecule has 0 fully saturated rings. The number of hydrogen-bond donors (Lipinski definition) is 0. The van der Waals surface area contributed by atoms with Crippen molar-refractivity contribution in [2.24, 2.45) is 0 Å². The van der Waals surface area contributed by atoms with Gasteiger partial charge in [-0.3, -0.25) is 0 Å². The molecule has 2 heterocycles. The van der Waals surface area contributed by atoms with Crippen molar-refractivity contribution in [1.29, 1.82) is 0 Å². The fourth-order valence-electron chi connectivity index (χ4n) is 9.23. The fraction of sp³-hybridized carbons (Fsp3) is 0. The van der Waals surface area contributed by atoms with E-state index >= 15 is 0 Å². The third-order valence-electron chi connectivity index (χ3n) is 11.2. The number of aromatic nitrogens is 2. The summed E-state index contributed by atoms with van der Waals surface area (Å²) >= 11 is 0. The van der Waals surface area contributed by atoms with Gasteiger partial charge in [0.2, 0.25) is 0 Å². The maximum atomic E-state index is 2.54. The van der Waals surface area contributed by atoms with Gasteiger partial charge < -0.3 is 9.13 Å². The van der Waals surface area contributed by atoms with Crippen LogP contribution in [0.2, 0.25) is 0 Å². The summed E-state index contributed by atoms with van der Waals surface area (Å²) in [6.07, 6.45) is 0. The summed E-state index contributed by atoms with van der Waals surface area (Å²) in [6.45, 7) is 0. The highest BCUT2D eigenvalue weighted by molar-refractivity contribution is 6.31. The van der Waals surface area contributed by atoms with Crippen LogP contribution in [0, 0.1) is 0 Å². The standard InChI is InChI=1S/C48H28N2/c1-3-14-31-29(11-1)13-9-22-40(31)50-43-26-23-30-12-2-4-15-32(30)46(43)39-25-28-44-47(48(39)50)38-18-7-8-21-41(38)49(44)42-27-24-36-34-17-6-5-16-33(34)35-19-10-20-37(42)45(35)36/h1-28H. The van der Waals surface area contributed by atoms with Crippen LogP contribution in [0.3, 0.4) is 0 Å². The van der Waals surface area contributed by atoms with Crippen LogP contribution in [0.25, 0.3) is 110 Å². The van der Waals surface area contributed by atoms with Crippen molar-refractivity contribution >= 4 is 75.9 Å². The molecule has 0 saturated heterocycles. The molecule has 0 saturated carbocycles. The lowest BCUT2D eigenvalue weighted by atomic mass is 10.0. The first-order chi connectivity index (χ1) is 24.8. The van der Waals surface area contributed by atoms with Gasteiger partial charge in [-0.05, 0) is 74.1 Å². The van der Waals surface area contributed by atoms with E-state index in [1.54, 1.807) is 0 Å². The van der Waals surface area contributed by atoms with Gasteiger partial charge in [0.1, 0.15) is 0 Å². The molecule has 2 heteroatoms. The Hall–Kier alpha value is -6.64. The SMILES string of the molecule is c1ccc2c(c1)-c1cccc3c(-n4c5ccccc5c5c4ccc4c6c7ccccc7ccc6n(-c6cccc7ccccc67)c45)ccc-2c13. The molecule has 2 nitrogen and oxygen atoms in total. The summed E-state index contributed by atoms with van der Waals surface area (Å²) < 4.78 is 5.06. The first-order valence-electron chi connectivity index (χ1n) is 17.4. The minimum Gasteiger partial charge on any atom is -0.309 e. The van der Waals surface area contributed by atoms with Crippen LogP contribution in [0.4, 0.5) is 0 Å². The number of nitrogens with zero attached hydrogens (tertiary/aromatic N) is 2. The second-order valence-corrected chi connectivity index (χ2v) is 13.6. The van der Waals surface area contributed by atoms with E-state index < -0.39 is 0 Å². The summed E-state index contributed by atoms with van der Waals surface area (Å²) in [5.74, 6) is 0. The molecular weight excluding hydrogens is 605 g/mol. The zero-order chi connectivity index (χ0) is 32.5. The molecule has 0 spiro atoms. The van der Waals surface area contributed by atoms with Gasteiger partial charge in [-0.25, -0.2) is 0 Å². The maximum Gasteiger partial charge on any atom is 0.0641 e. The van der Waals surface area contributed by atoms with Crippen LogP contribution in [0.15, 0.2) is 170 Å². The molecule has 0 unspecified atom stereocenters. The molecule has 12 rings (SSSR count). The van der Waals surface area contributed by atoms with Crippen molar-refractivity contribution in [3.05, 3.63) is 170 Å². The van der Waals surface area contributed by atoms with E-state index in [-0.39, 0.29) is 0 Å². The Bertz CT molecular complexity index is 3230. The van der Waals surface area contributed by atoms with Gasteiger partial charge in [0.25, 0.3) is 0 Å². The number of para-hydroxylation sites is 1. The predicted molar refractivity (Wildman–Crippen MR) is 212 cm³/mol. The normalized spacial score (nSPS) is 12.4. The van der Waals surface area contributed by atoms with E-state index in [1.807, 2.05) is 0 Å². The van der Waals surface area contributed by atoms with Crippen molar-refractivity contribution in [2.75, 3.05) is 0 Å². The molecule has 2 aromatic heterocycles. The Morgan fingerprint density at radius 3 is 1.70 bits per heavy atom. The molecule has 0 N–H and O–H groups in total. The average Bonchev–Trinajstić information content (AvgIpc) is 3.82. The summed E-state index contributed by atoms with van der Waals surface area (Å²) in [5.41, 5.74) is 12.6. The molecule has 0 radical (unpaired) electrons. The molecule has 11 aromatic rings. The first kappa shape index (κ1) is 26.3. The molecule has 1 aliphatic carbocycles. The molecule has 0 amide bonds. The Balaban J connectivity index is 1.29. The zero-order valence-corrected chi connectivity index (χ0v) is 27.1. The number of rotatable bonds is 2. The van der Waals surface area contributed by atoms with Crippen molar-refractivity contribution in [3.63, 3.8) is 0 Å². The molecule has 1 aliphatic rings. The summed E-state index contributed by atoms with van der Waals surface area (Å²) in [7, 11) is 0. The fourth-order valence-corrected chi connectivity index (χ4v) is 9.23. The van der Waals surface area contributed by atoms with Crippen LogP contribution in [-0.2, 0) is 0 Å². The summed E-state index contributed by atoms with van der Waals surface area (Å²) in [5, 5.41) is 12.8. The van der Waals surface area contributed by atoms with Gasteiger partial charge in [-0.15, -0.1) is 0 Å². The van der Waals surface area contributed by atoms with Crippen molar-refractivity contribution < 1.29 is 0 Å². The molecule has 50 heavy (non-hydrogen) atoms. The second-order valence-electron chi connectivity index (χ2n) is 13.6. The maximum absolute atomic E-state index is 2.54. The minimum atomic E-state index is 1.20. The van der Waals surface area contributed by atoms with Gasteiger partial charge in [0.05, 0.1) is 33.4 Å². The van der Waals surface area contributed by atoms with E-state index in [9.17, 15) is 0 Å². The topological polar surface area (TPSA) is 9.86 Å². The Morgan fingerprint density at radius 2 is 0.840 bits per heavy atom. The van der Waals surface area contributed by atoms with Crippen LogP contribution in [0.1, 0.15) is 0 Å². The lowest BCUT2D eigenvalue weighted by Gasteiger charge is -2.14. The smallest absolute Gasteiger partial charge is 0.0641 e. The minimum absolute atomic E-state index is 1.20.